The highest BCUT2D eigenvalue weighted by atomic mass is 19.1. The molecular weight excluding hydrogens is 185 g/mol. The largest absolute Gasteiger partial charge is 0.472 e. The standard InChI is InChI=1S/C10H8FNO2/c11-8-2-1-4-12-9(8)10(13)7-3-5-14-6-7/h1-6,10,13H. The second-order valence-electron chi connectivity index (χ2n) is 2.83. The van der Waals surface area contributed by atoms with E-state index in [1.165, 1.54) is 30.9 Å². The minimum atomic E-state index is -1.07. The van der Waals surface area contributed by atoms with Crippen LogP contribution in [0.5, 0.6) is 0 Å². The molecule has 4 heteroatoms. The molecule has 1 unspecified atom stereocenters. The Kier molecular flexibility index (Phi) is 2.28. The van der Waals surface area contributed by atoms with E-state index in [0.29, 0.717) is 5.56 Å². The first kappa shape index (κ1) is 8.90. The third kappa shape index (κ3) is 1.52. The van der Waals surface area contributed by atoms with Crippen molar-refractivity contribution in [3.05, 3.63) is 54.0 Å². The van der Waals surface area contributed by atoms with E-state index in [2.05, 4.69) is 4.98 Å². The minimum Gasteiger partial charge on any atom is -0.472 e. The number of rotatable bonds is 2. The van der Waals surface area contributed by atoms with Crippen molar-refractivity contribution >= 4 is 0 Å². The van der Waals surface area contributed by atoms with Gasteiger partial charge in [0, 0.05) is 11.8 Å². The van der Waals surface area contributed by atoms with Crippen LogP contribution in [0.4, 0.5) is 4.39 Å². The molecule has 2 rings (SSSR count). The summed E-state index contributed by atoms with van der Waals surface area (Å²) < 4.78 is 18.0. The van der Waals surface area contributed by atoms with Gasteiger partial charge >= 0.3 is 0 Å². The first-order chi connectivity index (χ1) is 6.79. The summed E-state index contributed by atoms with van der Waals surface area (Å²) in [6.07, 6.45) is 3.13. The van der Waals surface area contributed by atoms with E-state index < -0.39 is 11.9 Å². The number of pyridine rings is 1. The van der Waals surface area contributed by atoms with Crippen LogP contribution in [0, 0.1) is 5.82 Å². The molecule has 0 bridgehead atoms. The van der Waals surface area contributed by atoms with Crippen molar-refractivity contribution in [1.29, 1.82) is 0 Å². The molecule has 0 amide bonds. The van der Waals surface area contributed by atoms with Gasteiger partial charge in [-0.25, -0.2) is 4.39 Å². The van der Waals surface area contributed by atoms with Gasteiger partial charge in [-0.1, -0.05) is 0 Å². The van der Waals surface area contributed by atoms with Gasteiger partial charge in [0.1, 0.15) is 17.6 Å². The number of hydrogen-bond acceptors (Lipinski definition) is 3. The van der Waals surface area contributed by atoms with Crippen LogP contribution in [0.25, 0.3) is 0 Å². The van der Waals surface area contributed by atoms with E-state index >= 15 is 0 Å². The fourth-order valence-electron chi connectivity index (χ4n) is 1.19. The molecule has 1 N–H and O–H groups in total. The van der Waals surface area contributed by atoms with E-state index in [1.807, 2.05) is 0 Å². The zero-order valence-electron chi connectivity index (χ0n) is 7.22. The summed E-state index contributed by atoms with van der Waals surface area (Å²) in [4.78, 5) is 3.77. The highest BCUT2D eigenvalue weighted by Gasteiger charge is 2.16. The Morgan fingerprint density at radius 1 is 1.43 bits per heavy atom. The summed E-state index contributed by atoms with van der Waals surface area (Å²) in [6, 6.07) is 4.30. The topological polar surface area (TPSA) is 46.3 Å². The van der Waals surface area contributed by atoms with Gasteiger partial charge in [0.05, 0.1) is 12.5 Å². The zero-order valence-corrected chi connectivity index (χ0v) is 7.22. The number of hydrogen-bond donors (Lipinski definition) is 1. The molecule has 0 saturated heterocycles. The molecule has 0 aliphatic rings. The van der Waals surface area contributed by atoms with E-state index in [4.69, 9.17) is 4.42 Å². The van der Waals surface area contributed by atoms with Gasteiger partial charge in [-0.3, -0.25) is 4.98 Å². The normalized spacial score (nSPS) is 12.7. The molecule has 0 fully saturated rings. The monoisotopic (exact) mass is 193 g/mol. The Balaban J connectivity index is 2.37. The van der Waals surface area contributed by atoms with Crippen molar-refractivity contribution in [3.8, 4) is 0 Å². The maximum absolute atomic E-state index is 13.2. The van der Waals surface area contributed by atoms with Crippen LogP contribution in [0.3, 0.4) is 0 Å². The average Bonchev–Trinajstić information content (AvgIpc) is 2.70. The van der Waals surface area contributed by atoms with Gasteiger partial charge in [0.25, 0.3) is 0 Å². The van der Waals surface area contributed by atoms with Crippen LogP contribution < -0.4 is 0 Å². The van der Waals surface area contributed by atoms with Crippen molar-refractivity contribution in [2.24, 2.45) is 0 Å². The molecule has 2 heterocycles. The van der Waals surface area contributed by atoms with E-state index in [9.17, 15) is 9.50 Å². The third-order valence-corrected chi connectivity index (χ3v) is 1.90. The Bertz CT molecular complexity index is 414. The van der Waals surface area contributed by atoms with Crippen LogP contribution in [0.1, 0.15) is 17.4 Å². The van der Waals surface area contributed by atoms with Crippen LogP contribution >= 0.6 is 0 Å². The fraction of sp³-hybridized carbons (Fsp3) is 0.100. The Labute approximate surface area is 79.8 Å². The second-order valence-corrected chi connectivity index (χ2v) is 2.83. The lowest BCUT2D eigenvalue weighted by atomic mass is 10.1. The first-order valence-electron chi connectivity index (χ1n) is 4.09. The average molecular weight is 193 g/mol. The van der Waals surface area contributed by atoms with Gasteiger partial charge in [0.2, 0.25) is 0 Å². The van der Waals surface area contributed by atoms with Crippen LogP contribution in [-0.4, -0.2) is 10.1 Å². The van der Waals surface area contributed by atoms with Gasteiger partial charge in [-0.05, 0) is 18.2 Å². The van der Waals surface area contributed by atoms with Crippen LogP contribution in [0.2, 0.25) is 0 Å². The quantitative estimate of drug-likeness (QED) is 0.792. The molecule has 3 nitrogen and oxygen atoms in total. The minimum absolute atomic E-state index is 0.00824. The van der Waals surface area contributed by atoms with Crippen LogP contribution in [0.15, 0.2) is 41.3 Å². The van der Waals surface area contributed by atoms with Gasteiger partial charge < -0.3 is 9.52 Å². The Morgan fingerprint density at radius 3 is 2.93 bits per heavy atom. The second kappa shape index (κ2) is 3.59. The molecule has 14 heavy (non-hydrogen) atoms. The molecule has 0 aliphatic heterocycles. The van der Waals surface area contributed by atoms with Gasteiger partial charge in [-0.15, -0.1) is 0 Å². The highest BCUT2D eigenvalue weighted by molar-refractivity contribution is 5.22. The smallest absolute Gasteiger partial charge is 0.147 e. The molecule has 72 valence electrons. The van der Waals surface area contributed by atoms with E-state index in [0.717, 1.165) is 0 Å². The Morgan fingerprint density at radius 2 is 2.29 bits per heavy atom. The lowest BCUT2D eigenvalue weighted by Gasteiger charge is -2.07. The molecular formula is C10H8FNO2. The predicted octanol–water partition coefficient (Wildman–Crippen LogP) is 1.90. The molecule has 2 aromatic rings. The number of furan rings is 1. The van der Waals surface area contributed by atoms with Crippen molar-refractivity contribution in [3.63, 3.8) is 0 Å². The number of aliphatic hydroxyl groups excluding tert-OH is 1. The first-order valence-corrected chi connectivity index (χ1v) is 4.09. The highest BCUT2D eigenvalue weighted by Crippen LogP contribution is 2.21. The molecule has 0 radical (unpaired) electrons. The summed E-state index contributed by atoms with van der Waals surface area (Å²) in [5, 5.41) is 9.70. The van der Waals surface area contributed by atoms with Crippen molar-refractivity contribution < 1.29 is 13.9 Å². The third-order valence-electron chi connectivity index (χ3n) is 1.90. The van der Waals surface area contributed by atoms with Crippen molar-refractivity contribution in [2.45, 2.75) is 6.10 Å². The maximum atomic E-state index is 13.2. The Hall–Kier alpha value is -1.68. The van der Waals surface area contributed by atoms with Gasteiger partial charge in [-0.2, -0.15) is 0 Å². The van der Waals surface area contributed by atoms with Crippen molar-refractivity contribution in [2.75, 3.05) is 0 Å². The molecule has 0 spiro atoms. The summed E-state index contributed by atoms with van der Waals surface area (Å²) in [7, 11) is 0. The number of aromatic nitrogens is 1. The number of aliphatic hydroxyl groups is 1. The summed E-state index contributed by atoms with van der Waals surface area (Å²) >= 11 is 0. The molecule has 2 aromatic heterocycles. The van der Waals surface area contributed by atoms with E-state index in [1.54, 1.807) is 6.07 Å². The summed E-state index contributed by atoms with van der Waals surface area (Å²) in [5.74, 6) is -0.527. The van der Waals surface area contributed by atoms with Gasteiger partial charge in [0.15, 0.2) is 0 Å². The number of halogens is 1. The fourth-order valence-corrected chi connectivity index (χ4v) is 1.19. The van der Waals surface area contributed by atoms with E-state index in [-0.39, 0.29) is 5.69 Å². The molecule has 0 aromatic carbocycles. The van der Waals surface area contributed by atoms with Crippen LogP contribution in [-0.2, 0) is 0 Å². The molecule has 0 aliphatic carbocycles. The predicted molar refractivity (Wildman–Crippen MR) is 47.0 cm³/mol. The molecule has 0 saturated carbocycles. The lowest BCUT2D eigenvalue weighted by Crippen LogP contribution is -2.03. The van der Waals surface area contributed by atoms with Crippen molar-refractivity contribution in [1.82, 2.24) is 4.98 Å². The number of nitrogens with zero attached hydrogens (tertiary/aromatic N) is 1. The lowest BCUT2D eigenvalue weighted by molar-refractivity contribution is 0.208. The molecule has 1 atom stereocenters. The summed E-state index contributed by atoms with van der Waals surface area (Å²) in [6.45, 7) is 0. The zero-order chi connectivity index (χ0) is 9.97. The SMILES string of the molecule is OC(c1ccoc1)c1ncccc1F. The maximum Gasteiger partial charge on any atom is 0.147 e. The summed E-state index contributed by atoms with van der Waals surface area (Å²) in [5.41, 5.74) is 0.497.